The van der Waals surface area contributed by atoms with Crippen LogP contribution in [-0.2, 0) is 0 Å². The van der Waals surface area contributed by atoms with Crippen LogP contribution in [-0.4, -0.2) is 9.13 Å². The number of aromatic nitrogens is 2. The molecule has 0 saturated carbocycles. The van der Waals surface area contributed by atoms with E-state index in [9.17, 15) is 0 Å². The van der Waals surface area contributed by atoms with E-state index in [-0.39, 0.29) is 0 Å². The molecule has 0 saturated heterocycles. The maximum atomic E-state index is 4.14. The fraction of sp³-hybridized carbons (Fsp3) is 0.0270. The average molecular weight is 531 g/mol. The van der Waals surface area contributed by atoms with Gasteiger partial charge in [-0.1, -0.05) is 73.3 Å². The van der Waals surface area contributed by atoms with E-state index in [1.165, 1.54) is 58.6 Å². The summed E-state index contributed by atoms with van der Waals surface area (Å²) in [5.74, 6) is 0. The minimum Gasteiger partial charge on any atom is -0.309 e. The van der Waals surface area contributed by atoms with Crippen LogP contribution in [0.3, 0.4) is 0 Å². The van der Waals surface area contributed by atoms with Gasteiger partial charge < -0.3 is 9.13 Å². The second-order valence-corrected chi connectivity index (χ2v) is 11.3. The minimum atomic E-state index is 1.16. The number of para-hydroxylation sites is 3. The van der Waals surface area contributed by atoms with E-state index in [2.05, 4.69) is 144 Å². The molecule has 0 bridgehead atoms. The lowest BCUT2D eigenvalue weighted by molar-refractivity contribution is 1.11. The van der Waals surface area contributed by atoms with Crippen molar-refractivity contribution < 1.29 is 0 Å². The third-order valence-corrected chi connectivity index (χ3v) is 9.17. The van der Waals surface area contributed by atoms with E-state index < -0.39 is 0 Å². The van der Waals surface area contributed by atoms with Crippen LogP contribution in [0.5, 0.6) is 0 Å². The van der Waals surface area contributed by atoms with E-state index >= 15 is 0 Å². The van der Waals surface area contributed by atoms with Gasteiger partial charge in [-0.3, -0.25) is 0 Å². The molecule has 0 N–H and O–H groups in total. The summed E-state index contributed by atoms with van der Waals surface area (Å²) in [5.41, 5.74) is 8.32. The van der Waals surface area contributed by atoms with Crippen molar-refractivity contribution in [3.05, 3.63) is 133 Å². The molecular weight excluding hydrogens is 504 g/mol. The van der Waals surface area contributed by atoms with Gasteiger partial charge in [0, 0.05) is 53.3 Å². The first-order chi connectivity index (χ1) is 19.8. The highest BCUT2D eigenvalue weighted by Crippen LogP contribution is 2.40. The molecule has 0 fully saturated rings. The van der Waals surface area contributed by atoms with Crippen molar-refractivity contribution in [2.75, 3.05) is 0 Å². The number of hydrogen-bond acceptors (Lipinski definition) is 1. The van der Waals surface area contributed by atoms with Gasteiger partial charge in [-0.2, -0.15) is 0 Å². The standard InChI is InChI=1S/C37H26N2S/c1-3-11-32-26(4-2)27-12-5-8-15-33(27)38(32)24-18-20-36-30(22-24)31-23-25(19-21-37(31)40-36)39-34-16-9-6-13-28(34)29-14-7-10-17-35(29)39/h3-23H,2H2,1H3/b11-3-. The predicted molar refractivity (Wildman–Crippen MR) is 175 cm³/mol. The van der Waals surface area contributed by atoms with E-state index in [1.807, 2.05) is 17.4 Å². The van der Waals surface area contributed by atoms with Crippen molar-refractivity contribution in [1.82, 2.24) is 9.13 Å². The summed E-state index contributed by atoms with van der Waals surface area (Å²) in [6.07, 6.45) is 6.27. The molecule has 0 radical (unpaired) electrons. The first-order valence-electron chi connectivity index (χ1n) is 13.6. The maximum absolute atomic E-state index is 4.14. The Morgan fingerprint density at radius 1 is 0.575 bits per heavy atom. The third kappa shape index (κ3) is 3.22. The van der Waals surface area contributed by atoms with Gasteiger partial charge in [-0.25, -0.2) is 0 Å². The van der Waals surface area contributed by atoms with E-state index in [4.69, 9.17) is 0 Å². The zero-order chi connectivity index (χ0) is 26.8. The van der Waals surface area contributed by atoms with Gasteiger partial charge in [0.25, 0.3) is 0 Å². The largest absolute Gasteiger partial charge is 0.309 e. The van der Waals surface area contributed by atoms with Crippen molar-refractivity contribution in [2.45, 2.75) is 6.92 Å². The van der Waals surface area contributed by atoms with Gasteiger partial charge in [0.2, 0.25) is 0 Å². The van der Waals surface area contributed by atoms with Crippen molar-refractivity contribution in [1.29, 1.82) is 0 Å². The SMILES string of the molecule is C=Cc1c(/C=C\C)n(-c2ccc3sc4ccc(-n5c6ccccc6c6ccccc65)cc4c3c2)c2ccccc12. The highest BCUT2D eigenvalue weighted by Gasteiger charge is 2.17. The van der Waals surface area contributed by atoms with Gasteiger partial charge in [0.15, 0.2) is 0 Å². The van der Waals surface area contributed by atoms with Crippen molar-refractivity contribution >= 4 is 76.4 Å². The molecule has 0 aliphatic heterocycles. The molecule has 8 rings (SSSR count). The van der Waals surface area contributed by atoms with Crippen LogP contribution in [0.2, 0.25) is 0 Å². The summed E-state index contributed by atoms with van der Waals surface area (Å²) in [6, 6.07) is 39.8. The molecule has 0 aliphatic carbocycles. The van der Waals surface area contributed by atoms with Crippen molar-refractivity contribution in [2.24, 2.45) is 0 Å². The fourth-order valence-electron chi connectivity index (χ4n) is 6.33. The first kappa shape index (κ1) is 23.1. The predicted octanol–water partition coefficient (Wildman–Crippen LogP) is 10.8. The average Bonchev–Trinajstić information content (AvgIpc) is 3.64. The lowest BCUT2D eigenvalue weighted by Crippen LogP contribution is -1.97. The fourth-order valence-corrected chi connectivity index (χ4v) is 7.40. The molecule has 0 spiro atoms. The molecule has 3 heteroatoms. The lowest BCUT2D eigenvalue weighted by atomic mass is 10.1. The second kappa shape index (κ2) is 8.84. The van der Waals surface area contributed by atoms with Gasteiger partial charge in [-0.15, -0.1) is 11.3 Å². The van der Waals surface area contributed by atoms with Gasteiger partial charge in [0.05, 0.1) is 22.2 Å². The number of rotatable bonds is 4. The van der Waals surface area contributed by atoms with Crippen LogP contribution in [0.4, 0.5) is 0 Å². The zero-order valence-electron chi connectivity index (χ0n) is 22.1. The topological polar surface area (TPSA) is 9.86 Å². The molecule has 3 heterocycles. The molecule has 2 nitrogen and oxygen atoms in total. The van der Waals surface area contributed by atoms with Crippen molar-refractivity contribution in [3.63, 3.8) is 0 Å². The summed E-state index contributed by atoms with van der Waals surface area (Å²) in [4.78, 5) is 0. The molecule has 8 aromatic rings. The monoisotopic (exact) mass is 530 g/mol. The molecule has 190 valence electrons. The van der Waals surface area contributed by atoms with Crippen LogP contribution in [0, 0.1) is 0 Å². The Kier molecular flexibility index (Phi) is 5.10. The summed E-state index contributed by atoms with van der Waals surface area (Å²) in [5, 5.41) is 6.35. The normalized spacial score (nSPS) is 12.1. The van der Waals surface area contributed by atoms with Crippen LogP contribution in [0.15, 0.2) is 122 Å². The highest BCUT2D eigenvalue weighted by molar-refractivity contribution is 7.25. The van der Waals surface area contributed by atoms with E-state index in [0.717, 1.165) is 16.9 Å². The summed E-state index contributed by atoms with van der Waals surface area (Å²) < 4.78 is 7.37. The Morgan fingerprint density at radius 2 is 1.07 bits per heavy atom. The zero-order valence-corrected chi connectivity index (χ0v) is 23.0. The minimum absolute atomic E-state index is 1.16. The second-order valence-electron chi connectivity index (χ2n) is 10.2. The Labute approximate surface area is 236 Å². The smallest absolute Gasteiger partial charge is 0.0541 e. The number of benzene rings is 5. The Bertz CT molecular complexity index is 2250. The van der Waals surface area contributed by atoms with Crippen LogP contribution < -0.4 is 0 Å². The van der Waals surface area contributed by atoms with E-state index in [0.29, 0.717) is 0 Å². The van der Waals surface area contributed by atoms with Gasteiger partial charge >= 0.3 is 0 Å². The van der Waals surface area contributed by atoms with E-state index in [1.54, 1.807) is 0 Å². The summed E-state index contributed by atoms with van der Waals surface area (Å²) in [7, 11) is 0. The molecule has 5 aromatic carbocycles. The van der Waals surface area contributed by atoms with Crippen molar-refractivity contribution in [3.8, 4) is 11.4 Å². The Balaban J connectivity index is 1.40. The molecule has 0 atom stereocenters. The number of hydrogen-bond donors (Lipinski definition) is 0. The number of nitrogens with zero attached hydrogens (tertiary/aromatic N) is 2. The number of fused-ring (bicyclic) bond motifs is 7. The molecule has 40 heavy (non-hydrogen) atoms. The molecule has 0 aliphatic rings. The Hall–Kier alpha value is -4.86. The van der Waals surface area contributed by atoms with Crippen LogP contribution in [0.25, 0.3) is 76.4 Å². The van der Waals surface area contributed by atoms with Gasteiger partial charge in [0.1, 0.15) is 0 Å². The third-order valence-electron chi connectivity index (χ3n) is 8.01. The highest BCUT2D eigenvalue weighted by atomic mass is 32.1. The quantitative estimate of drug-likeness (QED) is 0.214. The number of thiophene rings is 1. The maximum Gasteiger partial charge on any atom is 0.0541 e. The van der Waals surface area contributed by atoms with Crippen LogP contribution >= 0.6 is 11.3 Å². The number of allylic oxidation sites excluding steroid dienone is 1. The Morgan fingerprint density at radius 3 is 1.62 bits per heavy atom. The molecule has 0 amide bonds. The van der Waals surface area contributed by atoms with Gasteiger partial charge in [-0.05, 0) is 67.6 Å². The van der Waals surface area contributed by atoms with Crippen LogP contribution in [0.1, 0.15) is 18.2 Å². The molecule has 0 unspecified atom stereocenters. The summed E-state index contributed by atoms with van der Waals surface area (Å²) >= 11 is 1.86. The molecular formula is C37H26N2S. The first-order valence-corrected chi connectivity index (χ1v) is 14.4. The lowest BCUT2D eigenvalue weighted by Gasteiger charge is -2.10. The molecule has 3 aromatic heterocycles. The summed E-state index contributed by atoms with van der Waals surface area (Å²) in [6.45, 7) is 6.21.